The van der Waals surface area contributed by atoms with E-state index in [0.717, 1.165) is 22.4 Å². The Morgan fingerprint density at radius 3 is 2.35 bits per heavy atom. The summed E-state index contributed by atoms with van der Waals surface area (Å²) in [5.74, 6) is 1.18. The number of hydrogen-bond donors (Lipinski definition) is 2. The van der Waals surface area contributed by atoms with Gasteiger partial charge in [0, 0.05) is 40.6 Å². The van der Waals surface area contributed by atoms with Gasteiger partial charge in [0.15, 0.2) is 5.82 Å². The number of amides is 1. The van der Waals surface area contributed by atoms with Gasteiger partial charge in [-0.15, -0.1) is 0 Å². The molecule has 0 aliphatic heterocycles. The Kier molecular flexibility index (Phi) is 6.65. The maximum atomic E-state index is 12.5. The second-order valence-electron chi connectivity index (χ2n) is 7.75. The van der Waals surface area contributed by atoms with E-state index in [4.69, 9.17) is 4.52 Å². The zero-order valence-corrected chi connectivity index (χ0v) is 18.4. The van der Waals surface area contributed by atoms with Crippen LogP contribution >= 0.6 is 0 Å². The number of rotatable bonds is 4. The Hall–Kier alpha value is -3.74. The highest BCUT2D eigenvalue weighted by Gasteiger charge is 2.19. The van der Waals surface area contributed by atoms with Gasteiger partial charge in [-0.1, -0.05) is 39.8 Å². The van der Waals surface area contributed by atoms with Crippen LogP contribution in [0.4, 0.5) is 17.2 Å². The molecular weight excluding hydrogens is 390 g/mol. The van der Waals surface area contributed by atoms with Crippen LogP contribution in [0.15, 0.2) is 65.4 Å². The first-order valence-corrected chi connectivity index (χ1v) is 10.2. The summed E-state index contributed by atoms with van der Waals surface area (Å²) in [5, 5.41) is 11.0. The van der Waals surface area contributed by atoms with Crippen molar-refractivity contribution in [3.05, 3.63) is 72.4 Å². The molecule has 3 heterocycles. The minimum absolute atomic E-state index is 0.103. The summed E-state index contributed by atoms with van der Waals surface area (Å²) in [6, 6.07) is 14.5. The van der Waals surface area contributed by atoms with E-state index >= 15 is 0 Å². The SMILES string of the molecule is CC.CC(C)(C)c1cc(Nc2ccc(NC(=O)c3ccc4cnccc4n3)cc2)no1. The number of nitrogens with one attached hydrogen (secondary N) is 2. The molecule has 7 nitrogen and oxygen atoms in total. The summed E-state index contributed by atoms with van der Waals surface area (Å²) in [6.07, 6.45) is 3.37. The minimum atomic E-state index is -0.268. The summed E-state index contributed by atoms with van der Waals surface area (Å²) in [4.78, 5) is 20.9. The number of carbonyl (C=O) groups is 1. The van der Waals surface area contributed by atoms with Crippen LogP contribution < -0.4 is 10.6 Å². The molecule has 0 saturated heterocycles. The predicted molar refractivity (Wildman–Crippen MR) is 124 cm³/mol. The van der Waals surface area contributed by atoms with Crippen molar-refractivity contribution in [3.63, 3.8) is 0 Å². The van der Waals surface area contributed by atoms with Crippen LogP contribution in [0.25, 0.3) is 10.9 Å². The molecule has 0 aliphatic rings. The molecule has 0 atom stereocenters. The first-order chi connectivity index (χ1) is 14.9. The number of pyridine rings is 2. The summed E-state index contributed by atoms with van der Waals surface area (Å²) >= 11 is 0. The third-order valence-corrected chi connectivity index (χ3v) is 4.39. The van der Waals surface area contributed by atoms with Gasteiger partial charge < -0.3 is 15.2 Å². The average Bonchev–Trinajstić information content (AvgIpc) is 3.25. The van der Waals surface area contributed by atoms with Gasteiger partial charge in [-0.05, 0) is 42.5 Å². The second kappa shape index (κ2) is 9.38. The maximum absolute atomic E-state index is 12.5. The predicted octanol–water partition coefficient (Wildman–Crippen LogP) is 5.94. The van der Waals surface area contributed by atoms with Crippen LogP contribution in [-0.2, 0) is 5.41 Å². The van der Waals surface area contributed by atoms with Crippen molar-refractivity contribution in [1.82, 2.24) is 15.1 Å². The maximum Gasteiger partial charge on any atom is 0.274 e. The van der Waals surface area contributed by atoms with Crippen molar-refractivity contribution in [2.24, 2.45) is 0 Å². The average molecular weight is 418 g/mol. The summed E-state index contributed by atoms with van der Waals surface area (Å²) in [7, 11) is 0. The highest BCUT2D eigenvalue weighted by Crippen LogP contribution is 2.26. The van der Waals surface area contributed by atoms with Crippen molar-refractivity contribution in [1.29, 1.82) is 0 Å². The largest absolute Gasteiger partial charge is 0.359 e. The molecule has 2 N–H and O–H groups in total. The normalized spacial score (nSPS) is 10.9. The van der Waals surface area contributed by atoms with E-state index in [2.05, 4.69) is 46.5 Å². The fourth-order valence-corrected chi connectivity index (χ4v) is 2.76. The lowest BCUT2D eigenvalue weighted by molar-refractivity contribution is 0.102. The topological polar surface area (TPSA) is 92.9 Å². The summed E-state index contributed by atoms with van der Waals surface area (Å²) in [6.45, 7) is 10.2. The third kappa shape index (κ3) is 5.45. The molecular formula is C24H27N5O2. The Morgan fingerprint density at radius 2 is 1.68 bits per heavy atom. The molecule has 4 aromatic rings. The summed E-state index contributed by atoms with van der Waals surface area (Å²) in [5.41, 5.74) is 2.49. The first-order valence-electron chi connectivity index (χ1n) is 10.2. The number of nitrogens with zero attached hydrogens (tertiary/aromatic N) is 3. The first kappa shape index (κ1) is 22.0. The summed E-state index contributed by atoms with van der Waals surface area (Å²) < 4.78 is 5.38. The Labute approximate surface area is 181 Å². The zero-order valence-electron chi connectivity index (χ0n) is 18.4. The van der Waals surface area contributed by atoms with Gasteiger partial charge in [0.05, 0.1) is 5.52 Å². The lowest BCUT2D eigenvalue weighted by Crippen LogP contribution is -2.13. The smallest absolute Gasteiger partial charge is 0.274 e. The van der Waals surface area contributed by atoms with Crippen LogP contribution in [0.5, 0.6) is 0 Å². The molecule has 3 aromatic heterocycles. The van der Waals surface area contributed by atoms with Crippen molar-refractivity contribution in [3.8, 4) is 0 Å². The molecule has 4 rings (SSSR count). The van der Waals surface area contributed by atoms with Gasteiger partial charge in [-0.2, -0.15) is 0 Å². The Bertz CT molecular complexity index is 1160. The third-order valence-electron chi connectivity index (χ3n) is 4.39. The molecule has 0 radical (unpaired) electrons. The number of aromatic nitrogens is 3. The number of hydrogen-bond acceptors (Lipinski definition) is 6. The Morgan fingerprint density at radius 1 is 0.968 bits per heavy atom. The lowest BCUT2D eigenvalue weighted by Gasteiger charge is -2.12. The van der Waals surface area contributed by atoms with E-state index in [1.165, 1.54) is 0 Å². The van der Waals surface area contributed by atoms with E-state index < -0.39 is 0 Å². The standard InChI is InChI=1S/C22H21N5O2.C2H6/c1-22(2,3)19-12-20(27-29-19)24-15-5-7-16(8-6-15)25-21(28)18-9-4-14-13-23-11-10-17(14)26-18;1-2/h4-13H,1-3H3,(H,24,27)(H,25,28);1-2H3. The van der Waals surface area contributed by atoms with Crippen molar-refractivity contribution in [2.45, 2.75) is 40.0 Å². The quantitative estimate of drug-likeness (QED) is 0.427. The van der Waals surface area contributed by atoms with Crippen LogP contribution in [0.2, 0.25) is 0 Å². The van der Waals surface area contributed by atoms with E-state index in [0.29, 0.717) is 17.2 Å². The molecule has 0 saturated carbocycles. The van der Waals surface area contributed by atoms with Gasteiger partial charge in [0.1, 0.15) is 11.5 Å². The van der Waals surface area contributed by atoms with Gasteiger partial charge in [-0.3, -0.25) is 9.78 Å². The molecule has 0 spiro atoms. The van der Waals surface area contributed by atoms with Gasteiger partial charge in [0.2, 0.25) is 0 Å². The lowest BCUT2D eigenvalue weighted by atomic mass is 9.93. The second-order valence-corrected chi connectivity index (χ2v) is 7.75. The molecule has 1 aromatic carbocycles. The zero-order chi connectivity index (χ0) is 22.4. The van der Waals surface area contributed by atoms with Gasteiger partial charge >= 0.3 is 0 Å². The van der Waals surface area contributed by atoms with Gasteiger partial charge in [0.25, 0.3) is 5.91 Å². The number of anilines is 3. The molecule has 1 amide bonds. The van der Waals surface area contributed by atoms with Gasteiger partial charge in [-0.25, -0.2) is 4.98 Å². The van der Waals surface area contributed by atoms with Crippen LogP contribution in [0, 0.1) is 0 Å². The van der Waals surface area contributed by atoms with E-state index in [9.17, 15) is 4.79 Å². The minimum Gasteiger partial charge on any atom is -0.359 e. The van der Waals surface area contributed by atoms with Crippen LogP contribution in [-0.4, -0.2) is 21.0 Å². The molecule has 0 bridgehead atoms. The molecule has 0 fully saturated rings. The van der Waals surface area contributed by atoms with Crippen LogP contribution in [0.3, 0.4) is 0 Å². The number of carbonyl (C=O) groups excluding carboxylic acids is 1. The molecule has 160 valence electrons. The van der Waals surface area contributed by atoms with Crippen molar-refractivity contribution >= 4 is 34.0 Å². The van der Waals surface area contributed by atoms with E-state index in [1.807, 2.05) is 50.2 Å². The fraction of sp³-hybridized carbons (Fsp3) is 0.250. The fourth-order valence-electron chi connectivity index (χ4n) is 2.76. The van der Waals surface area contributed by atoms with Crippen LogP contribution in [0.1, 0.15) is 50.9 Å². The van der Waals surface area contributed by atoms with E-state index in [-0.39, 0.29) is 11.3 Å². The van der Waals surface area contributed by atoms with Crippen molar-refractivity contribution < 1.29 is 9.32 Å². The monoisotopic (exact) mass is 417 g/mol. The van der Waals surface area contributed by atoms with E-state index in [1.54, 1.807) is 24.5 Å². The highest BCUT2D eigenvalue weighted by atomic mass is 16.5. The molecule has 0 unspecified atom stereocenters. The molecule has 0 aliphatic carbocycles. The number of fused-ring (bicyclic) bond motifs is 1. The number of benzene rings is 1. The van der Waals surface area contributed by atoms with Crippen molar-refractivity contribution in [2.75, 3.05) is 10.6 Å². The Balaban J connectivity index is 0.00000132. The highest BCUT2D eigenvalue weighted by molar-refractivity contribution is 6.04. The molecule has 7 heteroatoms. The molecule has 31 heavy (non-hydrogen) atoms.